The Balaban J connectivity index is 1.77. The number of methoxy groups -OCH3 is 1. The van der Waals surface area contributed by atoms with Crippen LogP contribution in [0.1, 0.15) is 30.6 Å². The predicted molar refractivity (Wildman–Crippen MR) is 103 cm³/mol. The summed E-state index contributed by atoms with van der Waals surface area (Å²) in [4.78, 5) is 23.4. The molecule has 0 aliphatic carbocycles. The van der Waals surface area contributed by atoms with Gasteiger partial charge in [-0.1, -0.05) is 13.8 Å². The van der Waals surface area contributed by atoms with Crippen LogP contribution >= 0.6 is 0 Å². The zero-order valence-electron chi connectivity index (χ0n) is 15.9. The Bertz CT molecular complexity index is 738. The third-order valence-electron chi connectivity index (χ3n) is 3.75. The van der Waals surface area contributed by atoms with Crippen LogP contribution in [0.25, 0.3) is 0 Å². The number of rotatable bonds is 9. The number of benzene rings is 2. The Hall–Kier alpha value is -3.02. The van der Waals surface area contributed by atoms with Gasteiger partial charge in [0.1, 0.15) is 11.5 Å². The van der Waals surface area contributed by atoms with E-state index in [0.29, 0.717) is 29.5 Å². The maximum atomic E-state index is 12.0. The van der Waals surface area contributed by atoms with Crippen molar-refractivity contribution >= 4 is 17.6 Å². The van der Waals surface area contributed by atoms with Gasteiger partial charge in [0.15, 0.2) is 6.61 Å². The zero-order valence-corrected chi connectivity index (χ0v) is 15.9. The third kappa shape index (κ3) is 7.01. The van der Waals surface area contributed by atoms with Gasteiger partial charge in [-0.25, -0.2) is 4.79 Å². The molecule has 1 N–H and O–H groups in total. The van der Waals surface area contributed by atoms with Gasteiger partial charge in [-0.2, -0.15) is 0 Å². The topological polar surface area (TPSA) is 73.9 Å². The molecular formula is C21H25NO5. The lowest BCUT2D eigenvalue weighted by atomic mass is 10.1. The highest BCUT2D eigenvalue weighted by Crippen LogP contribution is 2.18. The molecule has 0 fully saturated rings. The standard InChI is InChI=1S/C21H25NO5/c1-15(2)12-13-26-18-8-10-19(11-9-18)27-14-20(23)22-17-6-4-16(5-7-17)21(24)25-3/h4-11,15H,12-14H2,1-3H3,(H,22,23). The van der Waals surface area contributed by atoms with E-state index in [-0.39, 0.29) is 12.5 Å². The maximum absolute atomic E-state index is 12.0. The highest BCUT2D eigenvalue weighted by Gasteiger charge is 2.07. The Morgan fingerprint density at radius 2 is 1.52 bits per heavy atom. The summed E-state index contributed by atoms with van der Waals surface area (Å²) in [7, 11) is 1.32. The first-order chi connectivity index (χ1) is 13.0. The van der Waals surface area contributed by atoms with E-state index in [1.54, 1.807) is 36.4 Å². The summed E-state index contributed by atoms with van der Waals surface area (Å²) in [5, 5.41) is 2.71. The molecule has 2 rings (SSSR count). The Morgan fingerprint density at radius 1 is 0.926 bits per heavy atom. The maximum Gasteiger partial charge on any atom is 0.337 e. The number of carbonyl (C=O) groups is 2. The van der Waals surface area contributed by atoms with Crippen LogP contribution < -0.4 is 14.8 Å². The molecule has 0 heterocycles. The van der Waals surface area contributed by atoms with Crippen molar-refractivity contribution < 1.29 is 23.8 Å². The van der Waals surface area contributed by atoms with Crippen molar-refractivity contribution in [1.82, 2.24) is 0 Å². The van der Waals surface area contributed by atoms with E-state index in [0.717, 1.165) is 12.2 Å². The summed E-state index contributed by atoms with van der Waals surface area (Å²) in [5.41, 5.74) is 0.993. The minimum absolute atomic E-state index is 0.119. The molecule has 27 heavy (non-hydrogen) atoms. The minimum Gasteiger partial charge on any atom is -0.494 e. The van der Waals surface area contributed by atoms with Crippen LogP contribution in [0.15, 0.2) is 48.5 Å². The number of nitrogens with one attached hydrogen (secondary N) is 1. The number of amides is 1. The Morgan fingerprint density at radius 3 is 2.07 bits per heavy atom. The molecule has 1 amide bonds. The van der Waals surface area contributed by atoms with E-state index in [2.05, 4.69) is 23.9 Å². The molecule has 0 radical (unpaired) electrons. The number of carbonyl (C=O) groups excluding carboxylic acids is 2. The van der Waals surface area contributed by atoms with Gasteiger partial charge in [0.05, 0.1) is 19.3 Å². The molecule has 0 saturated carbocycles. The summed E-state index contributed by atoms with van der Waals surface area (Å²) in [5.74, 6) is 1.24. The molecular weight excluding hydrogens is 346 g/mol. The normalized spacial score (nSPS) is 10.4. The molecule has 0 aliphatic heterocycles. The molecule has 6 heteroatoms. The van der Waals surface area contributed by atoms with Crippen molar-refractivity contribution in [3.05, 3.63) is 54.1 Å². The fourth-order valence-corrected chi connectivity index (χ4v) is 2.20. The summed E-state index contributed by atoms with van der Waals surface area (Å²) in [6, 6.07) is 13.6. The van der Waals surface area contributed by atoms with Gasteiger partial charge in [-0.05, 0) is 60.9 Å². The van der Waals surface area contributed by atoms with Gasteiger partial charge in [-0.3, -0.25) is 4.79 Å². The highest BCUT2D eigenvalue weighted by atomic mass is 16.5. The van der Waals surface area contributed by atoms with Crippen LogP contribution in [0.2, 0.25) is 0 Å². The van der Waals surface area contributed by atoms with Crippen molar-refractivity contribution in [3.63, 3.8) is 0 Å². The second-order valence-electron chi connectivity index (χ2n) is 6.41. The fraction of sp³-hybridized carbons (Fsp3) is 0.333. The van der Waals surface area contributed by atoms with E-state index >= 15 is 0 Å². The van der Waals surface area contributed by atoms with Gasteiger partial charge in [0.25, 0.3) is 5.91 Å². The molecule has 0 spiro atoms. The van der Waals surface area contributed by atoms with E-state index in [1.807, 2.05) is 12.1 Å². The van der Waals surface area contributed by atoms with Crippen LogP contribution in [0.5, 0.6) is 11.5 Å². The molecule has 0 aliphatic rings. The molecule has 2 aromatic carbocycles. The van der Waals surface area contributed by atoms with Crippen molar-refractivity contribution in [2.75, 3.05) is 25.6 Å². The van der Waals surface area contributed by atoms with E-state index in [4.69, 9.17) is 9.47 Å². The molecule has 2 aromatic rings. The van der Waals surface area contributed by atoms with E-state index < -0.39 is 5.97 Å². The summed E-state index contributed by atoms with van der Waals surface area (Å²) in [6.07, 6.45) is 0.999. The molecule has 0 saturated heterocycles. The SMILES string of the molecule is COC(=O)c1ccc(NC(=O)COc2ccc(OCCC(C)C)cc2)cc1. The number of hydrogen-bond acceptors (Lipinski definition) is 5. The Labute approximate surface area is 159 Å². The second-order valence-corrected chi connectivity index (χ2v) is 6.41. The molecule has 0 atom stereocenters. The van der Waals surface area contributed by atoms with Gasteiger partial charge in [0, 0.05) is 5.69 Å². The number of esters is 1. The van der Waals surface area contributed by atoms with Crippen LogP contribution in [0.3, 0.4) is 0 Å². The molecule has 0 unspecified atom stereocenters. The number of hydrogen-bond donors (Lipinski definition) is 1. The lowest BCUT2D eigenvalue weighted by Crippen LogP contribution is -2.20. The van der Waals surface area contributed by atoms with Gasteiger partial charge in [-0.15, -0.1) is 0 Å². The van der Waals surface area contributed by atoms with Crippen molar-refractivity contribution in [2.45, 2.75) is 20.3 Å². The third-order valence-corrected chi connectivity index (χ3v) is 3.75. The summed E-state index contributed by atoms with van der Waals surface area (Å²) >= 11 is 0. The molecule has 6 nitrogen and oxygen atoms in total. The number of anilines is 1. The summed E-state index contributed by atoms with van der Waals surface area (Å²) < 4.78 is 15.7. The predicted octanol–water partition coefficient (Wildman–Crippen LogP) is 3.92. The van der Waals surface area contributed by atoms with Crippen LogP contribution in [-0.2, 0) is 9.53 Å². The van der Waals surface area contributed by atoms with Crippen LogP contribution in [-0.4, -0.2) is 32.2 Å². The lowest BCUT2D eigenvalue weighted by molar-refractivity contribution is -0.118. The number of ether oxygens (including phenoxy) is 3. The van der Waals surface area contributed by atoms with Gasteiger partial charge in [0.2, 0.25) is 0 Å². The largest absolute Gasteiger partial charge is 0.494 e. The molecule has 144 valence electrons. The molecule has 0 bridgehead atoms. The minimum atomic E-state index is -0.423. The van der Waals surface area contributed by atoms with Crippen LogP contribution in [0.4, 0.5) is 5.69 Å². The Kier molecular flexibility index (Phi) is 7.67. The van der Waals surface area contributed by atoms with Crippen molar-refractivity contribution in [2.24, 2.45) is 5.92 Å². The average molecular weight is 371 g/mol. The lowest BCUT2D eigenvalue weighted by Gasteiger charge is -2.10. The molecule has 0 aromatic heterocycles. The van der Waals surface area contributed by atoms with E-state index in [9.17, 15) is 9.59 Å². The quantitative estimate of drug-likeness (QED) is 0.677. The first-order valence-electron chi connectivity index (χ1n) is 8.82. The van der Waals surface area contributed by atoms with Crippen molar-refractivity contribution in [3.8, 4) is 11.5 Å². The fourth-order valence-electron chi connectivity index (χ4n) is 2.20. The second kappa shape index (κ2) is 10.2. The first kappa shape index (κ1) is 20.3. The van der Waals surface area contributed by atoms with Gasteiger partial charge >= 0.3 is 5.97 Å². The summed E-state index contributed by atoms with van der Waals surface area (Å²) in [6.45, 7) is 4.86. The zero-order chi connectivity index (χ0) is 19.6. The van der Waals surface area contributed by atoms with Crippen LogP contribution in [0, 0.1) is 5.92 Å². The highest BCUT2D eigenvalue weighted by molar-refractivity contribution is 5.93. The van der Waals surface area contributed by atoms with Gasteiger partial charge < -0.3 is 19.5 Å². The van der Waals surface area contributed by atoms with E-state index in [1.165, 1.54) is 7.11 Å². The smallest absolute Gasteiger partial charge is 0.337 e. The van der Waals surface area contributed by atoms with Crippen molar-refractivity contribution in [1.29, 1.82) is 0 Å². The monoisotopic (exact) mass is 371 g/mol. The first-order valence-corrected chi connectivity index (χ1v) is 8.82. The average Bonchev–Trinajstić information content (AvgIpc) is 2.67.